The number of fused-ring (bicyclic) bond motifs is 1. The van der Waals surface area contributed by atoms with E-state index in [1.54, 1.807) is 46.6 Å². The molecular formula is C25H24N6O3. The molecule has 0 saturated carbocycles. The zero-order valence-electron chi connectivity index (χ0n) is 18.7. The van der Waals surface area contributed by atoms with E-state index in [0.717, 1.165) is 0 Å². The number of carbonyl (C=O) groups excluding carboxylic acids is 3. The summed E-state index contributed by atoms with van der Waals surface area (Å²) in [5, 5.41) is 0.636. The molecule has 2 amide bonds. The van der Waals surface area contributed by atoms with Crippen molar-refractivity contribution in [1.82, 2.24) is 19.8 Å². The summed E-state index contributed by atoms with van der Waals surface area (Å²) in [5.74, 6) is -0.580. The van der Waals surface area contributed by atoms with Crippen molar-refractivity contribution >= 4 is 40.5 Å². The highest BCUT2D eigenvalue weighted by molar-refractivity contribution is 6.45. The third-order valence-electron chi connectivity index (χ3n) is 6.18. The van der Waals surface area contributed by atoms with Crippen LogP contribution < -0.4 is 4.90 Å². The number of carbonyl (C=O) groups is 3. The van der Waals surface area contributed by atoms with Gasteiger partial charge >= 0.3 is 0 Å². The summed E-state index contributed by atoms with van der Waals surface area (Å²) >= 11 is 0. The van der Waals surface area contributed by atoms with Gasteiger partial charge in [-0.2, -0.15) is 0 Å². The van der Waals surface area contributed by atoms with Crippen molar-refractivity contribution in [3.8, 4) is 0 Å². The molecule has 3 aromatic rings. The van der Waals surface area contributed by atoms with Crippen LogP contribution in [0.5, 0.6) is 0 Å². The normalized spacial score (nSPS) is 17.9. The summed E-state index contributed by atoms with van der Waals surface area (Å²) in [6, 6.07) is 10.5. The lowest BCUT2D eigenvalue weighted by molar-refractivity contribution is -0.130. The highest BCUT2D eigenvalue weighted by Gasteiger charge is 2.34. The van der Waals surface area contributed by atoms with E-state index in [4.69, 9.17) is 0 Å². The number of pyridine rings is 1. The van der Waals surface area contributed by atoms with E-state index in [1.807, 2.05) is 42.3 Å². The fraction of sp³-hybridized carbons (Fsp3) is 0.240. The van der Waals surface area contributed by atoms with Gasteiger partial charge in [0.05, 0.1) is 11.1 Å². The molecule has 2 aliphatic heterocycles. The van der Waals surface area contributed by atoms with Gasteiger partial charge in [-0.1, -0.05) is 18.2 Å². The summed E-state index contributed by atoms with van der Waals surface area (Å²) in [6.07, 6.45) is 8.57. The van der Waals surface area contributed by atoms with Crippen LogP contribution in [0.1, 0.15) is 27.6 Å². The van der Waals surface area contributed by atoms with E-state index in [1.165, 1.54) is 0 Å². The van der Waals surface area contributed by atoms with E-state index in [-0.39, 0.29) is 11.9 Å². The van der Waals surface area contributed by atoms with Crippen molar-refractivity contribution in [3.05, 3.63) is 72.2 Å². The standard InChI is InChI=1S/C25H24N6O3/c1-17-15-29(24(33)18-6-3-2-4-7-18)12-13-31(17)25(34)22(32)20-14-28-21-19(20)8-10-27-23(21)30-11-5-9-26-16-30/h2-11,14,17,28H,12-13,15-16H2,1H3. The van der Waals surface area contributed by atoms with Gasteiger partial charge in [-0.15, -0.1) is 0 Å². The van der Waals surface area contributed by atoms with Crippen molar-refractivity contribution in [2.75, 3.05) is 31.2 Å². The topological polar surface area (TPSA) is 102 Å². The first kappa shape index (κ1) is 21.6. The lowest BCUT2D eigenvalue weighted by Crippen LogP contribution is -2.56. The first-order chi connectivity index (χ1) is 16.5. The predicted molar refractivity (Wildman–Crippen MR) is 129 cm³/mol. The Morgan fingerprint density at radius 2 is 1.91 bits per heavy atom. The Bertz CT molecular complexity index is 1310. The molecule has 5 rings (SSSR count). The minimum absolute atomic E-state index is 0.0707. The Labute approximate surface area is 196 Å². The largest absolute Gasteiger partial charge is 0.357 e. The zero-order chi connectivity index (χ0) is 23.7. The second-order valence-electron chi connectivity index (χ2n) is 8.34. The molecule has 1 N–H and O–H groups in total. The number of piperazine rings is 1. The van der Waals surface area contributed by atoms with Gasteiger partial charge in [0.2, 0.25) is 0 Å². The number of H-pyrrole nitrogens is 1. The maximum atomic E-state index is 13.2. The van der Waals surface area contributed by atoms with Gasteiger partial charge in [-0.3, -0.25) is 19.4 Å². The molecular weight excluding hydrogens is 432 g/mol. The second-order valence-corrected chi connectivity index (χ2v) is 8.34. The number of hydrogen-bond donors (Lipinski definition) is 1. The van der Waals surface area contributed by atoms with E-state index in [9.17, 15) is 14.4 Å². The molecule has 1 unspecified atom stereocenters. The van der Waals surface area contributed by atoms with E-state index >= 15 is 0 Å². The number of aliphatic imine (C=N–C) groups is 1. The van der Waals surface area contributed by atoms with Gasteiger partial charge in [-0.05, 0) is 31.2 Å². The molecule has 2 aromatic heterocycles. The Kier molecular flexibility index (Phi) is 5.67. The maximum Gasteiger partial charge on any atom is 0.295 e. The summed E-state index contributed by atoms with van der Waals surface area (Å²) < 4.78 is 0. The maximum absolute atomic E-state index is 13.2. The van der Waals surface area contributed by atoms with Crippen molar-refractivity contribution in [1.29, 1.82) is 0 Å². The molecule has 0 aliphatic carbocycles. The molecule has 4 heterocycles. The second kappa shape index (κ2) is 8.93. The number of benzene rings is 1. The van der Waals surface area contributed by atoms with Gasteiger partial charge in [0.15, 0.2) is 5.82 Å². The molecule has 0 spiro atoms. The van der Waals surface area contributed by atoms with E-state index in [2.05, 4.69) is 15.0 Å². The predicted octanol–water partition coefficient (Wildman–Crippen LogP) is 2.48. The Hall–Kier alpha value is -4.27. The number of anilines is 1. The van der Waals surface area contributed by atoms with Crippen LogP contribution in [0.4, 0.5) is 5.82 Å². The summed E-state index contributed by atoms with van der Waals surface area (Å²) in [7, 11) is 0. The van der Waals surface area contributed by atoms with Crippen molar-refractivity contribution in [2.45, 2.75) is 13.0 Å². The summed E-state index contributed by atoms with van der Waals surface area (Å²) in [6.45, 7) is 3.33. The number of nitrogens with zero attached hydrogens (tertiary/aromatic N) is 5. The number of amides is 2. The van der Waals surface area contributed by atoms with Crippen LogP contribution >= 0.6 is 0 Å². The number of ketones is 1. The third kappa shape index (κ3) is 3.85. The molecule has 0 radical (unpaired) electrons. The highest BCUT2D eigenvalue weighted by Crippen LogP contribution is 2.28. The highest BCUT2D eigenvalue weighted by atomic mass is 16.2. The molecule has 9 heteroatoms. The first-order valence-corrected chi connectivity index (χ1v) is 11.1. The van der Waals surface area contributed by atoms with Crippen molar-refractivity contribution < 1.29 is 14.4 Å². The van der Waals surface area contributed by atoms with Crippen LogP contribution in [0.3, 0.4) is 0 Å². The average Bonchev–Trinajstić information content (AvgIpc) is 3.33. The first-order valence-electron chi connectivity index (χ1n) is 11.1. The lowest BCUT2D eigenvalue weighted by Gasteiger charge is -2.39. The monoisotopic (exact) mass is 456 g/mol. The third-order valence-corrected chi connectivity index (χ3v) is 6.18. The van der Waals surface area contributed by atoms with Crippen molar-refractivity contribution in [3.63, 3.8) is 0 Å². The Morgan fingerprint density at radius 3 is 2.65 bits per heavy atom. The van der Waals surface area contributed by atoms with Crippen LogP contribution in [0.15, 0.2) is 66.1 Å². The lowest BCUT2D eigenvalue weighted by atomic mass is 10.1. The van der Waals surface area contributed by atoms with Gasteiger partial charge in [0.25, 0.3) is 17.6 Å². The molecule has 2 aliphatic rings. The van der Waals surface area contributed by atoms with Gasteiger partial charge in [0.1, 0.15) is 6.67 Å². The minimum atomic E-state index is -0.578. The van der Waals surface area contributed by atoms with Crippen LogP contribution in [-0.2, 0) is 4.79 Å². The van der Waals surface area contributed by atoms with E-state index < -0.39 is 11.7 Å². The molecule has 9 nitrogen and oxygen atoms in total. The van der Waals surface area contributed by atoms with Gasteiger partial charge in [-0.25, -0.2) is 4.98 Å². The Morgan fingerprint density at radius 1 is 1.09 bits per heavy atom. The van der Waals surface area contributed by atoms with Crippen LogP contribution in [0, 0.1) is 0 Å². The Balaban J connectivity index is 1.33. The minimum Gasteiger partial charge on any atom is -0.357 e. The number of Topliss-reactive ketones (excluding diaryl/α,β-unsaturated/α-hetero) is 1. The smallest absolute Gasteiger partial charge is 0.295 e. The number of hydrogen-bond acceptors (Lipinski definition) is 6. The fourth-order valence-electron chi connectivity index (χ4n) is 4.42. The van der Waals surface area contributed by atoms with Crippen LogP contribution in [0.25, 0.3) is 10.9 Å². The number of aromatic amines is 1. The molecule has 172 valence electrons. The van der Waals surface area contributed by atoms with Crippen LogP contribution in [-0.4, -0.2) is 75.9 Å². The average molecular weight is 457 g/mol. The molecule has 1 saturated heterocycles. The fourth-order valence-corrected chi connectivity index (χ4v) is 4.42. The van der Waals surface area contributed by atoms with E-state index in [0.29, 0.717) is 54.2 Å². The number of aromatic nitrogens is 2. The number of rotatable bonds is 4. The summed E-state index contributed by atoms with van der Waals surface area (Å²) in [4.78, 5) is 56.1. The molecule has 1 aromatic carbocycles. The SMILES string of the molecule is CC1CN(C(=O)c2ccccc2)CCN1C(=O)C(=O)c1c[nH]c2c(N3C=CC=NC3)nccc12. The molecule has 1 fully saturated rings. The number of nitrogens with one attached hydrogen (secondary N) is 1. The quantitative estimate of drug-likeness (QED) is 0.480. The van der Waals surface area contributed by atoms with Crippen molar-refractivity contribution in [2.24, 2.45) is 4.99 Å². The van der Waals surface area contributed by atoms with Gasteiger partial charge < -0.3 is 19.7 Å². The van der Waals surface area contributed by atoms with Crippen LogP contribution in [0.2, 0.25) is 0 Å². The molecule has 1 atom stereocenters. The van der Waals surface area contributed by atoms with Gasteiger partial charge in [0, 0.05) is 61.4 Å². The molecule has 0 bridgehead atoms. The molecule has 34 heavy (non-hydrogen) atoms. The number of allylic oxidation sites excluding steroid dienone is 1. The summed E-state index contributed by atoms with van der Waals surface area (Å²) in [5.41, 5.74) is 1.60. The zero-order valence-corrected chi connectivity index (χ0v) is 18.7.